The van der Waals surface area contributed by atoms with Gasteiger partial charge in [0.1, 0.15) is 0 Å². The molecule has 1 spiro atoms. The molecule has 2 aromatic carbocycles. The van der Waals surface area contributed by atoms with Gasteiger partial charge in [0, 0.05) is 29.8 Å². The molecule has 1 saturated heterocycles. The Bertz CT molecular complexity index is 670. The fraction of sp³-hybridized carbons (Fsp3) is 0.235. The van der Waals surface area contributed by atoms with Crippen LogP contribution in [0.25, 0.3) is 0 Å². The van der Waals surface area contributed by atoms with E-state index in [4.69, 9.17) is 17.0 Å². The first-order valence-corrected chi connectivity index (χ1v) is 7.38. The maximum Gasteiger partial charge on any atom is 0.211 e. The highest BCUT2D eigenvalue weighted by molar-refractivity contribution is 7.80. The lowest BCUT2D eigenvalue weighted by Gasteiger charge is -2.36. The number of benzene rings is 2. The van der Waals surface area contributed by atoms with E-state index in [2.05, 4.69) is 47.4 Å². The van der Waals surface area contributed by atoms with E-state index in [1.54, 1.807) is 0 Å². The van der Waals surface area contributed by atoms with Crippen LogP contribution in [-0.4, -0.2) is 11.6 Å². The molecule has 2 nitrogen and oxygen atoms in total. The zero-order chi connectivity index (χ0) is 13.6. The number of thiocarbonyl (C=S) groups is 1. The van der Waals surface area contributed by atoms with Gasteiger partial charge in [-0.05, 0) is 36.8 Å². The second-order valence-electron chi connectivity index (χ2n) is 5.31. The van der Waals surface area contributed by atoms with Crippen molar-refractivity contribution in [3.05, 3.63) is 65.7 Å². The topological polar surface area (TPSA) is 12.5 Å². The molecular formula is C17H15NOS. The van der Waals surface area contributed by atoms with Gasteiger partial charge < -0.3 is 9.64 Å². The SMILES string of the molecule is S=C1OC2(CCCN2c2ccccc2)c2ccccc21. The summed E-state index contributed by atoms with van der Waals surface area (Å²) in [5, 5.41) is 0.628. The standard InChI is InChI=1S/C17H15NOS/c20-16-14-9-4-5-10-15(14)17(19-16)11-6-12-18(17)13-7-2-1-3-8-13/h1-5,7-10H,6,11-12H2. The van der Waals surface area contributed by atoms with Gasteiger partial charge >= 0.3 is 0 Å². The molecule has 0 bridgehead atoms. The van der Waals surface area contributed by atoms with E-state index in [1.807, 2.05) is 12.1 Å². The zero-order valence-corrected chi connectivity index (χ0v) is 11.9. The van der Waals surface area contributed by atoms with Crippen molar-refractivity contribution in [3.63, 3.8) is 0 Å². The van der Waals surface area contributed by atoms with E-state index in [-0.39, 0.29) is 0 Å². The Morgan fingerprint density at radius 3 is 2.60 bits per heavy atom. The van der Waals surface area contributed by atoms with Gasteiger partial charge in [-0.25, -0.2) is 0 Å². The summed E-state index contributed by atoms with van der Waals surface area (Å²) in [4.78, 5) is 2.35. The molecule has 0 saturated carbocycles. The molecule has 3 heteroatoms. The van der Waals surface area contributed by atoms with Gasteiger partial charge in [0.2, 0.25) is 5.72 Å². The highest BCUT2D eigenvalue weighted by Crippen LogP contribution is 2.48. The van der Waals surface area contributed by atoms with Crippen molar-refractivity contribution in [3.8, 4) is 0 Å². The molecule has 4 rings (SSSR count). The maximum absolute atomic E-state index is 6.20. The number of ether oxygens (including phenoxy) is 1. The van der Waals surface area contributed by atoms with Crippen molar-refractivity contribution < 1.29 is 4.74 Å². The second-order valence-corrected chi connectivity index (χ2v) is 5.68. The number of para-hydroxylation sites is 1. The van der Waals surface area contributed by atoms with Gasteiger partial charge in [0.05, 0.1) is 0 Å². The van der Waals surface area contributed by atoms with Gasteiger partial charge in [-0.3, -0.25) is 0 Å². The molecule has 0 aliphatic carbocycles. The Morgan fingerprint density at radius 1 is 1.00 bits per heavy atom. The van der Waals surface area contributed by atoms with Crippen LogP contribution >= 0.6 is 12.2 Å². The smallest absolute Gasteiger partial charge is 0.211 e. The minimum atomic E-state index is -0.394. The molecule has 20 heavy (non-hydrogen) atoms. The lowest BCUT2D eigenvalue weighted by atomic mass is 9.97. The lowest BCUT2D eigenvalue weighted by molar-refractivity contribution is 0.0829. The third kappa shape index (κ3) is 1.53. The molecule has 1 fully saturated rings. The molecule has 1 atom stereocenters. The van der Waals surface area contributed by atoms with Crippen LogP contribution in [0.2, 0.25) is 0 Å². The number of hydrogen-bond donors (Lipinski definition) is 0. The molecule has 0 amide bonds. The summed E-state index contributed by atoms with van der Waals surface area (Å²) in [6.07, 6.45) is 2.10. The molecule has 2 aliphatic heterocycles. The van der Waals surface area contributed by atoms with Crippen LogP contribution < -0.4 is 4.90 Å². The molecular weight excluding hydrogens is 266 g/mol. The minimum absolute atomic E-state index is 0.394. The Balaban J connectivity index is 1.87. The van der Waals surface area contributed by atoms with Crippen LogP contribution in [0.1, 0.15) is 24.0 Å². The summed E-state index contributed by atoms with van der Waals surface area (Å²) in [7, 11) is 0. The first kappa shape index (κ1) is 11.9. The van der Waals surface area contributed by atoms with Gasteiger partial charge in [-0.2, -0.15) is 0 Å². The fourth-order valence-electron chi connectivity index (χ4n) is 3.39. The molecule has 2 heterocycles. The van der Waals surface area contributed by atoms with Crippen LogP contribution in [0, 0.1) is 0 Å². The molecule has 0 N–H and O–H groups in total. The fourth-order valence-corrected chi connectivity index (χ4v) is 3.71. The summed E-state index contributed by atoms with van der Waals surface area (Å²) >= 11 is 5.44. The number of anilines is 1. The molecule has 2 aliphatic rings. The van der Waals surface area contributed by atoms with E-state index in [0.717, 1.165) is 24.9 Å². The largest absolute Gasteiger partial charge is 0.453 e. The summed E-state index contributed by atoms with van der Waals surface area (Å²) < 4.78 is 6.20. The number of fused-ring (bicyclic) bond motifs is 2. The average Bonchev–Trinajstić information content (AvgIpc) is 3.04. The van der Waals surface area contributed by atoms with Gasteiger partial charge in [0.25, 0.3) is 0 Å². The maximum atomic E-state index is 6.20. The van der Waals surface area contributed by atoms with Crippen molar-refractivity contribution in [2.75, 3.05) is 11.4 Å². The highest BCUT2D eigenvalue weighted by Gasteiger charge is 2.51. The van der Waals surface area contributed by atoms with E-state index in [0.29, 0.717) is 5.05 Å². The Hall–Kier alpha value is -1.87. The van der Waals surface area contributed by atoms with E-state index >= 15 is 0 Å². The van der Waals surface area contributed by atoms with E-state index < -0.39 is 5.72 Å². The lowest BCUT2D eigenvalue weighted by Crippen LogP contribution is -2.41. The zero-order valence-electron chi connectivity index (χ0n) is 11.1. The van der Waals surface area contributed by atoms with Crippen LogP contribution in [0.5, 0.6) is 0 Å². The first-order valence-electron chi connectivity index (χ1n) is 6.97. The first-order chi connectivity index (χ1) is 9.81. The summed E-state index contributed by atoms with van der Waals surface area (Å²) in [5.41, 5.74) is 3.09. The molecule has 2 aromatic rings. The van der Waals surface area contributed by atoms with Crippen LogP contribution in [0.3, 0.4) is 0 Å². The molecule has 0 aromatic heterocycles. The Morgan fingerprint density at radius 2 is 1.75 bits per heavy atom. The Labute approximate surface area is 124 Å². The van der Waals surface area contributed by atoms with E-state index in [9.17, 15) is 0 Å². The third-order valence-corrected chi connectivity index (χ3v) is 4.53. The van der Waals surface area contributed by atoms with Gasteiger partial charge in [-0.15, -0.1) is 0 Å². The van der Waals surface area contributed by atoms with Crippen LogP contribution in [0.4, 0.5) is 5.69 Å². The third-order valence-electron chi connectivity index (χ3n) is 4.23. The Kier molecular flexibility index (Phi) is 2.57. The van der Waals surface area contributed by atoms with Crippen LogP contribution in [-0.2, 0) is 10.5 Å². The minimum Gasteiger partial charge on any atom is -0.453 e. The molecule has 100 valence electrons. The molecule has 0 radical (unpaired) electrons. The summed E-state index contributed by atoms with van der Waals surface area (Å²) in [5.74, 6) is 0. The van der Waals surface area contributed by atoms with Crippen molar-refractivity contribution in [1.29, 1.82) is 0 Å². The summed E-state index contributed by atoms with van der Waals surface area (Å²) in [6.45, 7) is 1.00. The number of rotatable bonds is 1. The second kappa shape index (κ2) is 4.32. The molecule has 1 unspecified atom stereocenters. The normalized spacial score (nSPS) is 24.0. The van der Waals surface area contributed by atoms with Gasteiger partial charge in [0.15, 0.2) is 5.05 Å². The predicted molar refractivity (Wildman–Crippen MR) is 83.9 cm³/mol. The number of nitrogens with zero attached hydrogens (tertiary/aromatic N) is 1. The van der Waals surface area contributed by atoms with Crippen LogP contribution in [0.15, 0.2) is 54.6 Å². The quantitative estimate of drug-likeness (QED) is 0.737. The average molecular weight is 281 g/mol. The van der Waals surface area contributed by atoms with Crippen molar-refractivity contribution in [1.82, 2.24) is 0 Å². The van der Waals surface area contributed by atoms with Crippen molar-refractivity contribution in [2.45, 2.75) is 18.6 Å². The number of hydrogen-bond acceptors (Lipinski definition) is 3. The predicted octanol–water partition coefficient (Wildman–Crippen LogP) is 3.85. The van der Waals surface area contributed by atoms with E-state index in [1.165, 1.54) is 11.3 Å². The van der Waals surface area contributed by atoms with Crippen molar-refractivity contribution >= 4 is 23.0 Å². The summed E-state index contributed by atoms with van der Waals surface area (Å²) in [6, 6.07) is 18.8. The highest BCUT2D eigenvalue weighted by atomic mass is 32.1. The van der Waals surface area contributed by atoms with Gasteiger partial charge in [-0.1, -0.05) is 36.4 Å². The van der Waals surface area contributed by atoms with Crippen molar-refractivity contribution in [2.24, 2.45) is 0 Å². The monoisotopic (exact) mass is 281 g/mol.